The number of carboxylic acids is 6. The van der Waals surface area contributed by atoms with Gasteiger partial charge in [0.05, 0.1) is 0 Å². The van der Waals surface area contributed by atoms with Crippen LogP contribution in [0.3, 0.4) is 0 Å². The van der Waals surface area contributed by atoms with Gasteiger partial charge in [-0.05, 0) is 44.6 Å². The normalized spacial score (nSPS) is 13.2. The SMILES string of the molecule is CCN1CCC(NCCc2ccccn2)CC1.O=C(O)/C=C/C(=O)O.O=C(O)/C=C/C(=O)O.O=C(O)/C=C/C(=O)O. The van der Waals surface area contributed by atoms with Crippen LogP contribution in [0.1, 0.15) is 25.5 Å². The summed E-state index contributed by atoms with van der Waals surface area (Å²) in [7, 11) is 0. The van der Waals surface area contributed by atoms with Crippen LogP contribution in [0.25, 0.3) is 0 Å². The van der Waals surface area contributed by atoms with E-state index in [4.69, 9.17) is 30.6 Å². The molecule has 2 rings (SSSR count). The van der Waals surface area contributed by atoms with Crippen LogP contribution in [0.15, 0.2) is 60.9 Å². The third-order valence-electron chi connectivity index (χ3n) is 4.68. The van der Waals surface area contributed by atoms with Crippen molar-refractivity contribution in [2.75, 3.05) is 26.2 Å². The lowest BCUT2D eigenvalue weighted by Crippen LogP contribution is -2.42. The van der Waals surface area contributed by atoms with Gasteiger partial charge in [0, 0.05) is 67.4 Å². The molecule has 1 aromatic rings. The number of rotatable bonds is 11. The third kappa shape index (κ3) is 29.5. The molecule has 1 aliphatic rings. The van der Waals surface area contributed by atoms with Gasteiger partial charge in [0.25, 0.3) is 0 Å². The maximum atomic E-state index is 9.55. The Morgan fingerprint density at radius 1 is 0.756 bits per heavy atom. The van der Waals surface area contributed by atoms with Crippen LogP contribution in [0, 0.1) is 0 Å². The maximum absolute atomic E-state index is 9.55. The minimum atomic E-state index is -1.26. The van der Waals surface area contributed by atoms with Crippen molar-refractivity contribution in [1.29, 1.82) is 0 Å². The molecule has 226 valence electrons. The van der Waals surface area contributed by atoms with Gasteiger partial charge in [-0.15, -0.1) is 0 Å². The summed E-state index contributed by atoms with van der Waals surface area (Å²) >= 11 is 0. The summed E-state index contributed by atoms with van der Waals surface area (Å²) in [5, 5.41) is 50.5. The molecule has 0 bridgehead atoms. The number of aromatic nitrogens is 1. The second kappa shape index (κ2) is 24.2. The Hall–Kier alpha value is -4.89. The van der Waals surface area contributed by atoms with E-state index in [1.807, 2.05) is 12.3 Å². The van der Waals surface area contributed by atoms with Crippen molar-refractivity contribution >= 4 is 35.8 Å². The van der Waals surface area contributed by atoms with Crippen molar-refractivity contribution in [3.05, 3.63) is 66.5 Å². The fourth-order valence-corrected chi connectivity index (χ4v) is 2.83. The number of hydrogen-bond acceptors (Lipinski definition) is 9. The first-order chi connectivity index (χ1) is 19.3. The van der Waals surface area contributed by atoms with Gasteiger partial charge >= 0.3 is 35.8 Å². The molecule has 0 aromatic carbocycles. The quantitative estimate of drug-likeness (QED) is 0.179. The van der Waals surface area contributed by atoms with E-state index in [1.165, 1.54) is 38.2 Å². The predicted octanol–water partition coefficient (Wildman–Crippen LogP) is 0.833. The molecule has 2 heterocycles. The fraction of sp³-hybridized carbons (Fsp3) is 0.346. The Morgan fingerprint density at radius 3 is 1.44 bits per heavy atom. The van der Waals surface area contributed by atoms with Gasteiger partial charge in [-0.3, -0.25) is 4.98 Å². The van der Waals surface area contributed by atoms with E-state index in [0.717, 1.165) is 13.0 Å². The smallest absolute Gasteiger partial charge is 0.328 e. The highest BCUT2D eigenvalue weighted by Crippen LogP contribution is 2.09. The van der Waals surface area contributed by atoms with Crippen LogP contribution >= 0.6 is 0 Å². The lowest BCUT2D eigenvalue weighted by molar-refractivity contribution is -0.134. The zero-order chi connectivity index (χ0) is 31.6. The van der Waals surface area contributed by atoms with Crippen LogP contribution in [0.4, 0.5) is 0 Å². The fourth-order valence-electron chi connectivity index (χ4n) is 2.83. The number of piperidine rings is 1. The van der Waals surface area contributed by atoms with Crippen molar-refractivity contribution < 1.29 is 59.4 Å². The van der Waals surface area contributed by atoms with Gasteiger partial charge in [0.15, 0.2) is 0 Å². The summed E-state index contributed by atoms with van der Waals surface area (Å²) in [6.45, 7) is 6.98. The molecule has 1 aliphatic heterocycles. The van der Waals surface area contributed by atoms with Gasteiger partial charge in [-0.1, -0.05) is 13.0 Å². The first-order valence-corrected chi connectivity index (χ1v) is 12.0. The standard InChI is InChI=1S/C14H23N3.3C4H4O4/c1-2-17-11-7-14(8-12-17)16-10-6-13-5-3-4-9-15-13;3*5-3(6)1-2-4(7)8/h3-5,9,14,16H,2,6-8,10-12H2,1H3;3*1-2H,(H,5,6)(H,7,8)/b;3*2-1+. The summed E-state index contributed by atoms with van der Waals surface area (Å²) < 4.78 is 0. The zero-order valence-corrected chi connectivity index (χ0v) is 22.3. The Kier molecular flexibility index (Phi) is 22.6. The molecule has 0 amide bonds. The largest absolute Gasteiger partial charge is 0.478 e. The molecule has 0 unspecified atom stereocenters. The Balaban J connectivity index is 0. The highest BCUT2D eigenvalue weighted by molar-refractivity contribution is 5.90. The van der Waals surface area contributed by atoms with E-state index in [0.29, 0.717) is 42.5 Å². The molecular formula is C26H35N3O12. The second-order valence-electron chi connectivity index (χ2n) is 7.76. The van der Waals surface area contributed by atoms with Crippen molar-refractivity contribution in [2.24, 2.45) is 0 Å². The molecule has 0 aliphatic carbocycles. The van der Waals surface area contributed by atoms with Gasteiger partial charge in [0.1, 0.15) is 0 Å². The first kappa shape index (κ1) is 38.3. The molecule has 1 aromatic heterocycles. The van der Waals surface area contributed by atoms with Crippen LogP contribution in [-0.2, 0) is 35.2 Å². The summed E-state index contributed by atoms with van der Waals surface area (Å²) in [4.78, 5) is 64.2. The number of hydrogen-bond donors (Lipinski definition) is 7. The Labute approximate surface area is 235 Å². The van der Waals surface area contributed by atoms with Crippen LogP contribution < -0.4 is 5.32 Å². The highest BCUT2D eigenvalue weighted by atomic mass is 16.4. The zero-order valence-electron chi connectivity index (χ0n) is 22.3. The lowest BCUT2D eigenvalue weighted by atomic mass is 10.0. The number of nitrogens with one attached hydrogen (secondary N) is 1. The Bertz CT molecular complexity index is 918. The number of carbonyl (C=O) groups is 6. The summed E-state index contributed by atoms with van der Waals surface area (Å²) in [5.74, 6) is -7.54. The molecule has 0 saturated carbocycles. The second-order valence-corrected chi connectivity index (χ2v) is 7.76. The van der Waals surface area contributed by atoms with E-state index >= 15 is 0 Å². The van der Waals surface area contributed by atoms with E-state index in [9.17, 15) is 28.8 Å². The molecule has 15 nitrogen and oxygen atoms in total. The van der Waals surface area contributed by atoms with Gasteiger partial charge in [-0.25, -0.2) is 28.8 Å². The average molecular weight is 582 g/mol. The van der Waals surface area contributed by atoms with E-state index in [1.54, 1.807) is 0 Å². The molecule has 7 N–H and O–H groups in total. The minimum Gasteiger partial charge on any atom is -0.478 e. The predicted molar refractivity (Wildman–Crippen MR) is 144 cm³/mol. The van der Waals surface area contributed by atoms with Gasteiger partial charge < -0.3 is 40.9 Å². The number of likely N-dealkylation sites (tertiary alicyclic amines) is 1. The molecular weight excluding hydrogens is 546 g/mol. The van der Waals surface area contributed by atoms with Crippen molar-refractivity contribution in [3.63, 3.8) is 0 Å². The topological polar surface area (TPSA) is 252 Å². The number of aliphatic carboxylic acids is 6. The van der Waals surface area contributed by atoms with Crippen LogP contribution in [-0.4, -0.2) is 109 Å². The van der Waals surface area contributed by atoms with Crippen molar-refractivity contribution in [2.45, 2.75) is 32.2 Å². The molecule has 1 saturated heterocycles. The van der Waals surface area contributed by atoms with E-state index in [2.05, 4.69) is 34.3 Å². The molecule has 1 fully saturated rings. The van der Waals surface area contributed by atoms with E-state index in [-0.39, 0.29) is 0 Å². The van der Waals surface area contributed by atoms with Crippen molar-refractivity contribution in [3.8, 4) is 0 Å². The summed E-state index contributed by atoms with van der Waals surface area (Å²) in [6.07, 6.45) is 8.83. The monoisotopic (exact) mass is 581 g/mol. The summed E-state index contributed by atoms with van der Waals surface area (Å²) in [6, 6.07) is 6.84. The molecule has 41 heavy (non-hydrogen) atoms. The molecule has 15 heteroatoms. The van der Waals surface area contributed by atoms with Gasteiger partial charge in [0.2, 0.25) is 0 Å². The number of pyridine rings is 1. The van der Waals surface area contributed by atoms with Gasteiger partial charge in [-0.2, -0.15) is 0 Å². The summed E-state index contributed by atoms with van der Waals surface area (Å²) in [5.41, 5.74) is 1.19. The van der Waals surface area contributed by atoms with Crippen LogP contribution in [0.2, 0.25) is 0 Å². The van der Waals surface area contributed by atoms with Crippen molar-refractivity contribution in [1.82, 2.24) is 15.2 Å². The third-order valence-corrected chi connectivity index (χ3v) is 4.68. The maximum Gasteiger partial charge on any atom is 0.328 e. The number of carboxylic acid groups (broad SMARTS) is 6. The first-order valence-electron chi connectivity index (χ1n) is 12.0. The molecule has 0 spiro atoms. The molecule has 0 atom stereocenters. The Morgan fingerprint density at radius 2 is 1.15 bits per heavy atom. The minimum absolute atomic E-state index is 0.558. The van der Waals surface area contributed by atoms with Crippen LogP contribution in [0.5, 0.6) is 0 Å². The highest BCUT2D eigenvalue weighted by Gasteiger charge is 2.16. The average Bonchev–Trinajstić information content (AvgIpc) is 2.92. The number of nitrogens with zero attached hydrogens (tertiary/aromatic N) is 2. The molecule has 0 radical (unpaired) electrons. The lowest BCUT2D eigenvalue weighted by Gasteiger charge is -2.31. The van der Waals surface area contributed by atoms with E-state index < -0.39 is 35.8 Å².